The predicted octanol–water partition coefficient (Wildman–Crippen LogP) is 0.750. The van der Waals surface area contributed by atoms with Crippen LogP contribution < -0.4 is 5.73 Å². The molecule has 0 saturated carbocycles. The topological polar surface area (TPSA) is 43.8 Å². The number of nitrogens with two attached hydrogens (primary N) is 1. The molecule has 1 aromatic heterocycles. The molecule has 1 heterocycles. The maximum Gasteiger partial charge on any atom is 0.0654 e. The normalized spacial score (nSPS) is 10.5. The fourth-order valence-corrected chi connectivity index (χ4v) is 1.35. The molecule has 0 aliphatic carbocycles. The number of aromatic nitrogens is 2. The first-order valence-corrected chi connectivity index (χ1v) is 3.92. The summed E-state index contributed by atoms with van der Waals surface area (Å²) >= 11 is 0. The molecule has 0 atom stereocenters. The van der Waals surface area contributed by atoms with E-state index < -0.39 is 0 Å². The Morgan fingerprint density at radius 3 is 2.45 bits per heavy atom. The Labute approximate surface area is 67.2 Å². The van der Waals surface area contributed by atoms with Gasteiger partial charge in [-0.2, -0.15) is 5.10 Å². The smallest absolute Gasteiger partial charge is 0.0654 e. The molecule has 1 rings (SSSR count). The number of nitrogens with zero attached hydrogens (tertiary/aromatic N) is 2. The predicted molar refractivity (Wildman–Crippen MR) is 45.2 cm³/mol. The van der Waals surface area contributed by atoms with Crippen LogP contribution in [0.5, 0.6) is 0 Å². The second-order valence-electron chi connectivity index (χ2n) is 2.70. The van der Waals surface area contributed by atoms with Crippen LogP contribution in [0.15, 0.2) is 0 Å². The Hall–Kier alpha value is -0.830. The lowest BCUT2D eigenvalue weighted by Crippen LogP contribution is -2.05. The van der Waals surface area contributed by atoms with E-state index in [9.17, 15) is 0 Å². The Morgan fingerprint density at radius 2 is 2.18 bits per heavy atom. The SMILES string of the molecule is CCc1nn(C)c(CN)c1C. The molecule has 0 radical (unpaired) electrons. The molecular formula is C8H15N3. The van der Waals surface area contributed by atoms with E-state index in [1.807, 2.05) is 11.7 Å². The Kier molecular flexibility index (Phi) is 2.29. The van der Waals surface area contributed by atoms with Crippen molar-refractivity contribution >= 4 is 0 Å². The monoisotopic (exact) mass is 153 g/mol. The van der Waals surface area contributed by atoms with Gasteiger partial charge in [0, 0.05) is 13.6 Å². The van der Waals surface area contributed by atoms with Crippen molar-refractivity contribution in [1.82, 2.24) is 9.78 Å². The van der Waals surface area contributed by atoms with Gasteiger partial charge in [-0.1, -0.05) is 6.92 Å². The van der Waals surface area contributed by atoms with Gasteiger partial charge in [-0.3, -0.25) is 4.68 Å². The summed E-state index contributed by atoms with van der Waals surface area (Å²) in [6.07, 6.45) is 0.986. The summed E-state index contributed by atoms with van der Waals surface area (Å²) < 4.78 is 1.87. The van der Waals surface area contributed by atoms with Crippen LogP contribution >= 0.6 is 0 Å². The van der Waals surface area contributed by atoms with E-state index in [1.54, 1.807) is 0 Å². The zero-order valence-electron chi connectivity index (χ0n) is 7.39. The summed E-state index contributed by atoms with van der Waals surface area (Å²) in [5, 5.41) is 4.34. The highest BCUT2D eigenvalue weighted by molar-refractivity contribution is 5.24. The third-order valence-electron chi connectivity index (χ3n) is 2.06. The molecule has 0 saturated heterocycles. The average Bonchev–Trinajstić information content (AvgIpc) is 2.26. The highest BCUT2D eigenvalue weighted by Crippen LogP contribution is 2.11. The van der Waals surface area contributed by atoms with Crippen LogP contribution in [0.3, 0.4) is 0 Å². The van der Waals surface area contributed by atoms with E-state index in [4.69, 9.17) is 5.73 Å². The third kappa shape index (κ3) is 1.28. The van der Waals surface area contributed by atoms with Gasteiger partial charge in [0.25, 0.3) is 0 Å². The standard InChI is InChI=1S/C8H15N3/c1-4-7-6(2)8(5-9)11(3)10-7/h4-5,9H2,1-3H3. The number of aryl methyl sites for hydroxylation is 2. The molecule has 3 nitrogen and oxygen atoms in total. The molecule has 0 amide bonds. The maximum absolute atomic E-state index is 5.56. The average molecular weight is 153 g/mol. The zero-order chi connectivity index (χ0) is 8.43. The minimum atomic E-state index is 0.579. The van der Waals surface area contributed by atoms with Crippen LogP contribution in [0.2, 0.25) is 0 Å². The number of hydrogen-bond acceptors (Lipinski definition) is 2. The summed E-state index contributed by atoms with van der Waals surface area (Å²) in [6, 6.07) is 0. The van der Waals surface area contributed by atoms with Gasteiger partial charge in [0.1, 0.15) is 0 Å². The quantitative estimate of drug-likeness (QED) is 0.681. The fraction of sp³-hybridized carbons (Fsp3) is 0.625. The molecular weight excluding hydrogens is 138 g/mol. The zero-order valence-corrected chi connectivity index (χ0v) is 7.39. The first-order valence-electron chi connectivity index (χ1n) is 3.92. The van der Waals surface area contributed by atoms with Crippen LogP contribution in [0.4, 0.5) is 0 Å². The molecule has 0 spiro atoms. The Balaban J connectivity index is 3.14. The van der Waals surface area contributed by atoms with E-state index in [0.29, 0.717) is 6.54 Å². The van der Waals surface area contributed by atoms with Gasteiger partial charge in [-0.15, -0.1) is 0 Å². The molecule has 0 aliphatic heterocycles. The first-order chi connectivity index (χ1) is 5.20. The summed E-state index contributed by atoms with van der Waals surface area (Å²) in [7, 11) is 1.94. The van der Waals surface area contributed by atoms with Gasteiger partial charge in [0.15, 0.2) is 0 Å². The van der Waals surface area contributed by atoms with Gasteiger partial charge < -0.3 is 5.73 Å². The van der Waals surface area contributed by atoms with Gasteiger partial charge in [-0.05, 0) is 18.9 Å². The lowest BCUT2D eigenvalue weighted by molar-refractivity contribution is 0.699. The van der Waals surface area contributed by atoms with Crippen molar-refractivity contribution in [3.63, 3.8) is 0 Å². The molecule has 11 heavy (non-hydrogen) atoms. The molecule has 3 heteroatoms. The van der Waals surface area contributed by atoms with Crippen molar-refractivity contribution in [3.8, 4) is 0 Å². The van der Waals surface area contributed by atoms with Crippen molar-refractivity contribution in [2.24, 2.45) is 12.8 Å². The highest BCUT2D eigenvalue weighted by atomic mass is 15.3. The van der Waals surface area contributed by atoms with E-state index >= 15 is 0 Å². The second-order valence-corrected chi connectivity index (χ2v) is 2.70. The van der Waals surface area contributed by atoms with Crippen molar-refractivity contribution in [1.29, 1.82) is 0 Å². The van der Waals surface area contributed by atoms with Crippen molar-refractivity contribution in [3.05, 3.63) is 17.0 Å². The summed E-state index contributed by atoms with van der Waals surface area (Å²) in [5.41, 5.74) is 9.11. The maximum atomic E-state index is 5.56. The van der Waals surface area contributed by atoms with Gasteiger partial charge >= 0.3 is 0 Å². The molecule has 2 N–H and O–H groups in total. The minimum Gasteiger partial charge on any atom is -0.325 e. The molecule has 0 aromatic carbocycles. The second kappa shape index (κ2) is 3.05. The first kappa shape index (κ1) is 8.27. The van der Waals surface area contributed by atoms with Crippen LogP contribution in [0.1, 0.15) is 23.9 Å². The molecule has 0 unspecified atom stereocenters. The lowest BCUT2D eigenvalue weighted by Gasteiger charge is -1.96. The van der Waals surface area contributed by atoms with E-state index in [1.165, 1.54) is 5.56 Å². The van der Waals surface area contributed by atoms with Crippen molar-refractivity contribution < 1.29 is 0 Å². The largest absolute Gasteiger partial charge is 0.325 e. The molecule has 0 bridgehead atoms. The highest BCUT2D eigenvalue weighted by Gasteiger charge is 2.07. The lowest BCUT2D eigenvalue weighted by atomic mass is 10.2. The Morgan fingerprint density at radius 1 is 1.55 bits per heavy atom. The fourth-order valence-electron chi connectivity index (χ4n) is 1.35. The van der Waals surface area contributed by atoms with Crippen LogP contribution in [-0.4, -0.2) is 9.78 Å². The summed E-state index contributed by atoms with van der Waals surface area (Å²) in [4.78, 5) is 0. The third-order valence-corrected chi connectivity index (χ3v) is 2.06. The van der Waals surface area contributed by atoms with Gasteiger partial charge in [0.2, 0.25) is 0 Å². The molecule has 0 fully saturated rings. The molecule has 0 aliphatic rings. The van der Waals surface area contributed by atoms with Gasteiger partial charge in [0.05, 0.1) is 11.4 Å². The summed E-state index contributed by atoms with van der Waals surface area (Å²) in [6.45, 7) is 4.76. The summed E-state index contributed by atoms with van der Waals surface area (Å²) in [5.74, 6) is 0. The van der Waals surface area contributed by atoms with Crippen molar-refractivity contribution in [2.75, 3.05) is 0 Å². The number of rotatable bonds is 2. The Bertz CT molecular complexity index is 250. The van der Waals surface area contributed by atoms with Crippen LogP contribution in [0, 0.1) is 6.92 Å². The molecule has 62 valence electrons. The minimum absolute atomic E-state index is 0.579. The van der Waals surface area contributed by atoms with E-state index in [-0.39, 0.29) is 0 Å². The van der Waals surface area contributed by atoms with Crippen LogP contribution in [0.25, 0.3) is 0 Å². The van der Waals surface area contributed by atoms with E-state index in [2.05, 4.69) is 18.9 Å². The van der Waals surface area contributed by atoms with E-state index in [0.717, 1.165) is 17.8 Å². The van der Waals surface area contributed by atoms with Crippen molar-refractivity contribution in [2.45, 2.75) is 26.8 Å². The number of hydrogen-bond donors (Lipinski definition) is 1. The van der Waals surface area contributed by atoms with Crippen LogP contribution in [-0.2, 0) is 20.0 Å². The molecule has 1 aromatic rings. The van der Waals surface area contributed by atoms with Gasteiger partial charge in [-0.25, -0.2) is 0 Å².